The molecule has 1 heteroatoms. The SMILES string of the molecule is Cc1cc(C)cc(NCC#Cc2ccccc2)c1. The van der Waals surface area contributed by atoms with Crippen LogP contribution in [0.25, 0.3) is 0 Å². The normalized spacial score (nSPS) is 9.44. The smallest absolute Gasteiger partial charge is 0.0769 e. The van der Waals surface area contributed by atoms with E-state index in [9.17, 15) is 0 Å². The molecule has 0 spiro atoms. The van der Waals surface area contributed by atoms with Gasteiger partial charge in [0.05, 0.1) is 6.54 Å². The summed E-state index contributed by atoms with van der Waals surface area (Å²) in [5.74, 6) is 6.26. The monoisotopic (exact) mass is 235 g/mol. The third-order valence-corrected chi connectivity index (χ3v) is 2.61. The maximum Gasteiger partial charge on any atom is 0.0769 e. The third-order valence-electron chi connectivity index (χ3n) is 2.61. The summed E-state index contributed by atoms with van der Waals surface area (Å²) in [5, 5.41) is 3.32. The second-order valence-electron chi connectivity index (χ2n) is 4.40. The Labute approximate surface area is 109 Å². The molecule has 2 aromatic rings. The highest BCUT2D eigenvalue weighted by molar-refractivity contribution is 5.49. The van der Waals surface area contributed by atoms with Crippen LogP contribution in [-0.2, 0) is 0 Å². The summed E-state index contributed by atoms with van der Waals surface area (Å²) in [7, 11) is 0. The summed E-state index contributed by atoms with van der Waals surface area (Å²) in [5.41, 5.74) is 4.73. The van der Waals surface area contributed by atoms with Crippen LogP contribution in [-0.4, -0.2) is 6.54 Å². The van der Waals surface area contributed by atoms with Crippen molar-refractivity contribution < 1.29 is 0 Å². The minimum Gasteiger partial charge on any atom is -0.374 e. The lowest BCUT2D eigenvalue weighted by atomic mass is 10.1. The summed E-state index contributed by atoms with van der Waals surface area (Å²) >= 11 is 0. The zero-order chi connectivity index (χ0) is 12.8. The average molecular weight is 235 g/mol. The quantitative estimate of drug-likeness (QED) is 0.781. The van der Waals surface area contributed by atoms with Gasteiger partial charge >= 0.3 is 0 Å². The van der Waals surface area contributed by atoms with E-state index >= 15 is 0 Å². The first-order chi connectivity index (χ1) is 8.74. The molecule has 1 nitrogen and oxygen atoms in total. The molecule has 0 fully saturated rings. The number of rotatable bonds is 2. The second-order valence-corrected chi connectivity index (χ2v) is 4.40. The lowest BCUT2D eigenvalue weighted by Gasteiger charge is -2.05. The maximum absolute atomic E-state index is 3.32. The predicted octanol–water partition coefficient (Wildman–Crippen LogP) is 3.77. The Kier molecular flexibility index (Phi) is 4.04. The fourth-order valence-electron chi connectivity index (χ4n) is 1.89. The van der Waals surface area contributed by atoms with E-state index in [1.54, 1.807) is 0 Å². The number of hydrogen-bond acceptors (Lipinski definition) is 1. The standard InChI is InChI=1S/C17H17N/c1-14-11-15(2)13-17(12-14)18-10-6-9-16-7-4-3-5-8-16/h3-5,7-8,11-13,18H,10H2,1-2H3. The summed E-state index contributed by atoms with van der Waals surface area (Å²) < 4.78 is 0. The number of aryl methyl sites for hydroxylation is 2. The van der Waals surface area contributed by atoms with Crippen molar-refractivity contribution in [3.05, 3.63) is 65.2 Å². The molecule has 0 aliphatic heterocycles. The van der Waals surface area contributed by atoms with E-state index in [2.05, 4.69) is 49.2 Å². The zero-order valence-corrected chi connectivity index (χ0v) is 10.8. The van der Waals surface area contributed by atoms with Crippen molar-refractivity contribution in [1.29, 1.82) is 0 Å². The van der Waals surface area contributed by atoms with Gasteiger partial charge in [0.25, 0.3) is 0 Å². The van der Waals surface area contributed by atoms with Gasteiger partial charge in [-0.05, 0) is 49.2 Å². The molecular formula is C17H17N. The molecule has 0 radical (unpaired) electrons. The van der Waals surface area contributed by atoms with Gasteiger partial charge in [-0.25, -0.2) is 0 Å². The third kappa shape index (κ3) is 3.68. The van der Waals surface area contributed by atoms with Gasteiger partial charge in [0.1, 0.15) is 0 Å². The van der Waals surface area contributed by atoms with E-state index in [1.807, 2.05) is 30.3 Å². The van der Waals surface area contributed by atoms with Crippen LogP contribution < -0.4 is 5.32 Å². The molecule has 0 aliphatic carbocycles. The van der Waals surface area contributed by atoms with Crippen molar-refractivity contribution in [2.75, 3.05) is 11.9 Å². The van der Waals surface area contributed by atoms with E-state index in [-0.39, 0.29) is 0 Å². The first-order valence-corrected chi connectivity index (χ1v) is 6.10. The van der Waals surface area contributed by atoms with Crippen LogP contribution in [0.1, 0.15) is 16.7 Å². The fraction of sp³-hybridized carbons (Fsp3) is 0.176. The van der Waals surface area contributed by atoms with Gasteiger partial charge in [0.15, 0.2) is 0 Å². The van der Waals surface area contributed by atoms with E-state index in [4.69, 9.17) is 0 Å². The highest BCUT2D eigenvalue weighted by Crippen LogP contribution is 2.12. The average Bonchev–Trinajstić information content (AvgIpc) is 2.35. The molecule has 2 aromatic carbocycles. The fourth-order valence-corrected chi connectivity index (χ4v) is 1.89. The van der Waals surface area contributed by atoms with Crippen LogP contribution in [0.2, 0.25) is 0 Å². The van der Waals surface area contributed by atoms with Crippen LogP contribution in [0.3, 0.4) is 0 Å². The Hall–Kier alpha value is -2.20. The molecule has 0 aromatic heterocycles. The molecule has 0 saturated heterocycles. The lowest BCUT2D eigenvalue weighted by molar-refractivity contribution is 1.32. The Morgan fingerprint density at radius 3 is 2.28 bits per heavy atom. The highest BCUT2D eigenvalue weighted by atomic mass is 14.8. The van der Waals surface area contributed by atoms with Crippen LogP contribution in [0.4, 0.5) is 5.69 Å². The predicted molar refractivity (Wildman–Crippen MR) is 77.7 cm³/mol. The van der Waals surface area contributed by atoms with Gasteiger partial charge in [-0.1, -0.05) is 36.1 Å². The summed E-state index contributed by atoms with van der Waals surface area (Å²) in [6.07, 6.45) is 0. The van der Waals surface area contributed by atoms with Gasteiger partial charge in [0.2, 0.25) is 0 Å². The van der Waals surface area contributed by atoms with E-state index in [1.165, 1.54) is 11.1 Å². The first-order valence-electron chi connectivity index (χ1n) is 6.10. The van der Waals surface area contributed by atoms with Crippen molar-refractivity contribution in [1.82, 2.24) is 0 Å². The molecule has 0 aliphatic rings. The van der Waals surface area contributed by atoms with Gasteiger partial charge in [-0.3, -0.25) is 0 Å². The molecule has 0 heterocycles. The molecular weight excluding hydrogens is 218 g/mol. The topological polar surface area (TPSA) is 12.0 Å². The summed E-state index contributed by atoms with van der Waals surface area (Å²) in [6.45, 7) is 4.87. The number of benzene rings is 2. The maximum atomic E-state index is 3.32. The van der Waals surface area contributed by atoms with Crippen molar-refractivity contribution in [3.63, 3.8) is 0 Å². The lowest BCUT2D eigenvalue weighted by Crippen LogP contribution is -1.99. The summed E-state index contributed by atoms with van der Waals surface area (Å²) in [4.78, 5) is 0. The van der Waals surface area contributed by atoms with Crippen LogP contribution in [0, 0.1) is 25.7 Å². The number of anilines is 1. The molecule has 0 bridgehead atoms. The van der Waals surface area contributed by atoms with E-state index in [0.29, 0.717) is 6.54 Å². The molecule has 0 unspecified atom stereocenters. The van der Waals surface area contributed by atoms with Gasteiger partial charge in [0, 0.05) is 11.3 Å². The van der Waals surface area contributed by atoms with E-state index < -0.39 is 0 Å². The van der Waals surface area contributed by atoms with Gasteiger partial charge < -0.3 is 5.32 Å². The molecule has 1 N–H and O–H groups in total. The molecule has 18 heavy (non-hydrogen) atoms. The molecule has 0 saturated carbocycles. The molecule has 2 rings (SSSR count). The second kappa shape index (κ2) is 5.93. The molecule has 0 amide bonds. The first kappa shape index (κ1) is 12.3. The van der Waals surface area contributed by atoms with Gasteiger partial charge in [-0.15, -0.1) is 0 Å². The van der Waals surface area contributed by atoms with Crippen LogP contribution >= 0.6 is 0 Å². The van der Waals surface area contributed by atoms with Crippen molar-refractivity contribution in [2.24, 2.45) is 0 Å². The Balaban J connectivity index is 1.95. The van der Waals surface area contributed by atoms with Crippen molar-refractivity contribution in [3.8, 4) is 11.8 Å². The number of nitrogens with one attached hydrogen (secondary N) is 1. The Morgan fingerprint density at radius 2 is 1.61 bits per heavy atom. The molecule has 0 atom stereocenters. The van der Waals surface area contributed by atoms with E-state index in [0.717, 1.165) is 11.3 Å². The highest BCUT2D eigenvalue weighted by Gasteiger charge is 1.93. The zero-order valence-electron chi connectivity index (χ0n) is 10.8. The Bertz CT molecular complexity index is 553. The van der Waals surface area contributed by atoms with Gasteiger partial charge in [-0.2, -0.15) is 0 Å². The Morgan fingerprint density at radius 1 is 0.944 bits per heavy atom. The minimum atomic E-state index is 0.664. The molecule has 90 valence electrons. The van der Waals surface area contributed by atoms with Crippen LogP contribution in [0.5, 0.6) is 0 Å². The van der Waals surface area contributed by atoms with Crippen molar-refractivity contribution in [2.45, 2.75) is 13.8 Å². The number of hydrogen-bond donors (Lipinski definition) is 1. The van der Waals surface area contributed by atoms with Crippen LogP contribution in [0.15, 0.2) is 48.5 Å². The van der Waals surface area contributed by atoms with Crippen molar-refractivity contribution >= 4 is 5.69 Å². The summed E-state index contributed by atoms with van der Waals surface area (Å²) in [6, 6.07) is 16.5. The largest absolute Gasteiger partial charge is 0.374 e. The minimum absolute atomic E-state index is 0.664.